The summed E-state index contributed by atoms with van der Waals surface area (Å²) in [6.07, 6.45) is 9.41. The third kappa shape index (κ3) is 3.13. The fourth-order valence-electron chi connectivity index (χ4n) is 2.93. The summed E-state index contributed by atoms with van der Waals surface area (Å²) in [4.78, 5) is 3.94. The summed E-state index contributed by atoms with van der Waals surface area (Å²) in [7, 11) is 0. The van der Waals surface area contributed by atoms with E-state index in [9.17, 15) is 5.11 Å². The minimum absolute atomic E-state index is 0.124. The standard InChI is InChI=1S/C17H21N3O2/c1-2-20-17(7-8-19-20)16-6-4-3-5-13(16)12-22-15-9-14(21)10-18-11-15/h7-11,21H,2-6,12H2,1H3. The molecule has 1 N–H and O–H groups in total. The molecule has 0 spiro atoms. The molecule has 0 unspecified atom stereocenters. The van der Waals surface area contributed by atoms with Crippen molar-refractivity contribution < 1.29 is 9.84 Å². The Bertz CT molecular complexity index is 676. The van der Waals surface area contributed by atoms with Crippen LogP contribution >= 0.6 is 0 Å². The van der Waals surface area contributed by atoms with Crippen LogP contribution in [0, 0.1) is 0 Å². The Labute approximate surface area is 130 Å². The fourth-order valence-corrected chi connectivity index (χ4v) is 2.93. The number of aromatic hydroxyl groups is 1. The van der Waals surface area contributed by atoms with E-state index in [4.69, 9.17) is 4.74 Å². The normalized spacial score (nSPS) is 15.1. The average molecular weight is 299 g/mol. The van der Waals surface area contributed by atoms with Gasteiger partial charge in [-0.15, -0.1) is 0 Å². The average Bonchev–Trinajstić information content (AvgIpc) is 3.02. The number of hydrogen-bond acceptors (Lipinski definition) is 4. The highest BCUT2D eigenvalue weighted by atomic mass is 16.5. The molecule has 0 aromatic carbocycles. The third-order valence-electron chi connectivity index (χ3n) is 4.02. The topological polar surface area (TPSA) is 60.2 Å². The lowest BCUT2D eigenvalue weighted by atomic mass is 9.90. The van der Waals surface area contributed by atoms with Crippen molar-refractivity contribution in [3.8, 4) is 11.5 Å². The van der Waals surface area contributed by atoms with Crippen LogP contribution in [0.5, 0.6) is 11.5 Å². The van der Waals surface area contributed by atoms with Crippen LogP contribution in [0.25, 0.3) is 5.57 Å². The second-order valence-electron chi connectivity index (χ2n) is 5.49. The minimum atomic E-state index is 0.124. The van der Waals surface area contributed by atoms with Gasteiger partial charge in [-0.1, -0.05) is 0 Å². The number of hydrogen-bond donors (Lipinski definition) is 1. The minimum Gasteiger partial charge on any atom is -0.506 e. The Morgan fingerprint density at radius 3 is 2.95 bits per heavy atom. The summed E-state index contributed by atoms with van der Waals surface area (Å²) in [6, 6.07) is 3.67. The Kier molecular flexibility index (Phi) is 4.42. The summed E-state index contributed by atoms with van der Waals surface area (Å²) < 4.78 is 7.86. The van der Waals surface area contributed by atoms with Crippen LogP contribution in [-0.2, 0) is 6.54 Å². The molecule has 116 valence electrons. The van der Waals surface area contributed by atoms with E-state index in [1.165, 1.54) is 35.9 Å². The predicted octanol–water partition coefficient (Wildman–Crippen LogP) is 3.41. The van der Waals surface area contributed by atoms with Gasteiger partial charge in [0.25, 0.3) is 0 Å². The molecule has 0 bridgehead atoms. The van der Waals surface area contributed by atoms with Crippen molar-refractivity contribution in [2.24, 2.45) is 0 Å². The van der Waals surface area contributed by atoms with E-state index in [0.29, 0.717) is 12.4 Å². The van der Waals surface area contributed by atoms with Crippen LogP contribution in [0.3, 0.4) is 0 Å². The van der Waals surface area contributed by atoms with Gasteiger partial charge in [-0.25, -0.2) is 0 Å². The number of aromatic nitrogens is 3. The van der Waals surface area contributed by atoms with Gasteiger partial charge in [-0.2, -0.15) is 5.10 Å². The number of ether oxygens (including phenoxy) is 1. The molecule has 2 aromatic heterocycles. The molecule has 0 saturated carbocycles. The quantitative estimate of drug-likeness (QED) is 0.919. The smallest absolute Gasteiger partial charge is 0.141 e. The van der Waals surface area contributed by atoms with Crippen LogP contribution in [0.15, 0.2) is 36.3 Å². The molecule has 1 aliphatic rings. The van der Waals surface area contributed by atoms with E-state index < -0.39 is 0 Å². The summed E-state index contributed by atoms with van der Waals surface area (Å²) in [5.74, 6) is 0.723. The Balaban J connectivity index is 1.82. The maximum atomic E-state index is 9.45. The number of aryl methyl sites for hydroxylation is 1. The van der Waals surface area contributed by atoms with E-state index in [2.05, 4.69) is 23.1 Å². The summed E-state index contributed by atoms with van der Waals surface area (Å²) in [5.41, 5.74) is 3.89. The molecule has 0 fully saturated rings. The highest BCUT2D eigenvalue weighted by Crippen LogP contribution is 2.32. The molecule has 0 amide bonds. The van der Waals surface area contributed by atoms with Crippen molar-refractivity contribution in [1.82, 2.24) is 14.8 Å². The van der Waals surface area contributed by atoms with Crippen LogP contribution < -0.4 is 4.74 Å². The van der Waals surface area contributed by atoms with Crippen molar-refractivity contribution in [1.29, 1.82) is 0 Å². The number of nitrogens with zero attached hydrogens (tertiary/aromatic N) is 3. The molecule has 0 radical (unpaired) electrons. The van der Waals surface area contributed by atoms with Crippen molar-refractivity contribution >= 4 is 5.57 Å². The SMILES string of the molecule is CCn1nccc1C1=C(COc2cncc(O)c2)CCCC1. The number of allylic oxidation sites excluding steroid dienone is 1. The molecular weight excluding hydrogens is 278 g/mol. The molecule has 3 rings (SSSR count). The Hall–Kier alpha value is -2.30. The second-order valence-corrected chi connectivity index (χ2v) is 5.49. The van der Waals surface area contributed by atoms with Crippen molar-refractivity contribution in [2.75, 3.05) is 6.61 Å². The zero-order chi connectivity index (χ0) is 15.4. The van der Waals surface area contributed by atoms with Gasteiger partial charge in [-0.05, 0) is 49.8 Å². The van der Waals surface area contributed by atoms with Gasteiger partial charge < -0.3 is 9.84 Å². The zero-order valence-electron chi connectivity index (χ0n) is 12.8. The third-order valence-corrected chi connectivity index (χ3v) is 4.02. The van der Waals surface area contributed by atoms with Gasteiger partial charge in [0.05, 0.1) is 18.1 Å². The first-order chi connectivity index (χ1) is 10.8. The maximum absolute atomic E-state index is 9.45. The molecule has 0 saturated heterocycles. The van der Waals surface area contributed by atoms with Gasteiger partial charge in [0.2, 0.25) is 0 Å². The number of rotatable bonds is 5. The van der Waals surface area contributed by atoms with Crippen LogP contribution in [0.2, 0.25) is 0 Å². The lowest BCUT2D eigenvalue weighted by molar-refractivity contribution is 0.340. The van der Waals surface area contributed by atoms with Gasteiger partial charge in [0.15, 0.2) is 0 Å². The van der Waals surface area contributed by atoms with E-state index in [1.54, 1.807) is 12.3 Å². The first-order valence-corrected chi connectivity index (χ1v) is 7.78. The van der Waals surface area contributed by atoms with Crippen LogP contribution in [-0.4, -0.2) is 26.5 Å². The second kappa shape index (κ2) is 6.64. The van der Waals surface area contributed by atoms with E-state index >= 15 is 0 Å². The van der Waals surface area contributed by atoms with Gasteiger partial charge in [0, 0.05) is 18.8 Å². The summed E-state index contributed by atoms with van der Waals surface area (Å²) >= 11 is 0. The lowest BCUT2D eigenvalue weighted by Crippen LogP contribution is -2.11. The Morgan fingerprint density at radius 2 is 2.14 bits per heavy atom. The number of pyridine rings is 1. The molecule has 0 aliphatic heterocycles. The van der Waals surface area contributed by atoms with Crippen LogP contribution in [0.1, 0.15) is 38.3 Å². The molecule has 22 heavy (non-hydrogen) atoms. The fraction of sp³-hybridized carbons (Fsp3) is 0.412. The predicted molar refractivity (Wildman–Crippen MR) is 84.7 cm³/mol. The van der Waals surface area contributed by atoms with E-state index in [0.717, 1.165) is 19.4 Å². The first-order valence-electron chi connectivity index (χ1n) is 7.78. The first kappa shape index (κ1) is 14.6. The lowest BCUT2D eigenvalue weighted by Gasteiger charge is -2.21. The maximum Gasteiger partial charge on any atom is 0.141 e. The van der Waals surface area contributed by atoms with Crippen LogP contribution in [0.4, 0.5) is 0 Å². The molecular formula is C17H21N3O2. The van der Waals surface area contributed by atoms with Gasteiger partial charge in [-0.3, -0.25) is 9.67 Å². The summed E-state index contributed by atoms with van der Waals surface area (Å²) in [5, 5.41) is 13.8. The highest BCUT2D eigenvalue weighted by Gasteiger charge is 2.17. The van der Waals surface area contributed by atoms with E-state index in [-0.39, 0.29) is 5.75 Å². The monoisotopic (exact) mass is 299 g/mol. The molecule has 1 aliphatic carbocycles. The zero-order valence-corrected chi connectivity index (χ0v) is 12.8. The van der Waals surface area contributed by atoms with Crippen molar-refractivity contribution in [3.05, 3.63) is 42.0 Å². The van der Waals surface area contributed by atoms with Gasteiger partial charge in [0.1, 0.15) is 18.1 Å². The molecule has 5 heteroatoms. The largest absolute Gasteiger partial charge is 0.506 e. The molecule has 2 aromatic rings. The van der Waals surface area contributed by atoms with Crippen molar-refractivity contribution in [3.63, 3.8) is 0 Å². The molecule has 2 heterocycles. The molecule has 0 atom stereocenters. The van der Waals surface area contributed by atoms with Crippen molar-refractivity contribution in [2.45, 2.75) is 39.2 Å². The molecule has 5 nitrogen and oxygen atoms in total. The highest BCUT2D eigenvalue weighted by molar-refractivity contribution is 5.67. The van der Waals surface area contributed by atoms with E-state index in [1.807, 2.05) is 10.9 Å². The van der Waals surface area contributed by atoms with Gasteiger partial charge >= 0.3 is 0 Å². The summed E-state index contributed by atoms with van der Waals surface area (Å²) in [6.45, 7) is 3.51. The Morgan fingerprint density at radius 1 is 1.27 bits per heavy atom.